The number of aromatic nitrogens is 1. The van der Waals surface area contributed by atoms with Crippen LogP contribution in [0, 0.1) is 5.82 Å². The largest absolute Gasteiger partial charge is 0.384 e. The molecule has 0 radical (unpaired) electrons. The van der Waals surface area contributed by atoms with Crippen molar-refractivity contribution in [1.82, 2.24) is 4.98 Å². The summed E-state index contributed by atoms with van der Waals surface area (Å²) in [7, 11) is 0. The van der Waals surface area contributed by atoms with E-state index in [1.807, 2.05) is 0 Å². The number of benzene rings is 1. The van der Waals surface area contributed by atoms with Crippen LogP contribution in [0.5, 0.6) is 0 Å². The number of hydrogen-bond donors (Lipinski definition) is 1. The van der Waals surface area contributed by atoms with E-state index in [2.05, 4.69) is 12.2 Å². The number of aryl methyl sites for hydroxylation is 1. The first-order valence-electron chi connectivity index (χ1n) is 7.64. The molecule has 3 heteroatoms. The van der Waals surface area contributed by atoms with Crippen LogP contribution in [0.4, 0.5) is 10.1 Å². The van der Waals surface area contributed by atoms with E-state index in [1.165, 1.54) is 36.6 Å². The summed E-state index contributed by atoms with van der Waals surface area (Å²) in [6.07, 6.45) is 6.84. The van der Waals surface area contributed by atoms with E-state index in [1.54, 1.807) is 12.1 Å². The third-order valence-corrected chi connectivity index (χ3v) is 4.03. The van der Waals surface area contributed by atoms with Gasteiger partial charge in [-0.25, -0.2) is 4.39 Å². The summed E-state index contributed by atoms with van der Waals surface area (Å²) >= 11 is 0. The van der Waals surface area contributed by atoms with Crippen LogP contribution in [0.3, 0.4) is 0 Å². The fraction of sp³-hybridized carbons (Fsp3) is 0.471. The Bertz CT molecular complexity index is 622. The molecule has 20 heavy (non-hydrogen) atoms. The molecule has 0 saturated heterocycles. The molecule has 1 aromatic carbocycles. The molecule has 106 valence electrons. The number of rotatable bonds is 3. The fourth-order valence-corrected chi connectivity index (χ4v) is 3.02. The van der Waals surface area contributed by atoms with Gasteiger partial charge in [-0.15, -0.1) is 0 Å². The monoisotopic (exact) mass is 272 g/mol. The van der Waals surface area contributed by atoms with E-state index < -0.39 is 0 Å². The fourth-order valence-electron chi connectivity index (χ4n) is 3.02. The van der Waals surface area contributed by atoms with Crippen molar-refractivity contribution in [3.63, 3.8) is 0 Å². The van der Waals surface area contributed by atoms with Crippen molar-refractivity contribution in [3.05, 3.63) is 35.3 Å². The van der Waals surface area contributed by atoms with Crippen molar-refractivity contribution >= 4 is 16.6 Å². The van der Waals surface area contributed by atoms with Gasteiger partial charge < -0.3 is 5.32 Å². The van der Waals surface area contributed by atoms with Crippen molar-refractivity contribution in [2.24, 2.45) is 0 Å². The lowest BCUT2D eigenvalue weighted by atomic mass is 10.0. The quantitative estimate of drug-likeness (QED) is 0.834. The van der Waals surface area contributed by atoms with Gasteiger partial charge in [-0.3, -0.25) is 4.98 Å². The van der Waals surface area contributed by atoms with E-state index in [0.717, 1.165) is 42.4 Å². The molecule has 2 aromatic rings. The minimum atomic E-state index is -0.188. The zero-order valence-corrected chi connectivity index (χ0v) is 12.0. The molecule has 1 N–H and O–H groups in total. The van der Waals surface area contributed by atoms with Crippen molar-refractivity contribution in [2.45, 2.75) is 45.4 Å². The maximum absolute atomic E-state index is 13.6. The van der Waals surface area contributed by atoms with E-state index in [4.69, 9.17) is 4.98 Å². The highest BCUT2D eigenvalue weighted by Crippen LogP contribution is 2.33. The van der Waals surface area contributed by atoms with Gasteiger partial charge in [0, 0.05) is 23.3 Å². The number of anilines is 1. The zero-order valence-electron chi connectivity index (χ0n) is 12.0. The molecule has 0 aliphatic heterocycles. The molecular weight excluding hydrogens is 251 g/mol. The van der Waals surface area contributed by atoms with Crippen LogP contribution in [0.2, 0.25) is 0 Å². The standard InChI is InChI=1S/C17H21FN2/c1-2-10-19-17-13-6-4-3-5-7-15(13)20-16-9-8-12(18)11-14(16)17/h8-9,11H,2-7,10H2,1H3,(H,19,20). The Morgan fingerprint density at radius 2 is 2.05 bits per heavy atom. The highest BCUT2D eigenvalue weighted by atomic mass is 19.1. The Balaban J connectivity index is 2.20. The number of hydrogen-bond acceptors (Lipinski definition) is 2. The van der Waals surface area contributed by atoms with Crippen LogP contribution in [-0.4, -0.2) is 11.5 Å². The average Bonchev–Trinajstić information content (AvgIpc) is 2.69. The molecule has 1 aromatic heterocycles. The molecule has 0 fully saturated rings. The molecule has 2 nitrogen and oxygen atoms in total. The Morgan fingerprint density at radius 3 is 2.90 bits per heavy atom. The van der Waals surface area contributed by atoms with Crippen molar-refractivity contribution in [2.75, 3.05) is 11.9 Å². The van der Waals surface area contributed by atoms with Crippen LogP contribution >= 0.6 is 0 Å². The molecule has 0 spiro atoms. The Hall–Kier alpha value is -1.64. The highest BCUT2D eigenvalue weighted by molar-refractivity contribution is 5.93. The van der Waals surface area contributed by atoms with E-state index >= 15 is 0 Å². The smallest absolute Gasteiger partial charge is 0.124 e. The van der Waals surface area contributed by atoms with Crippen LogP contribution in [-0.2, 0) is 12.8 Å². The van der Waals surface area contributed by atoms with Gasteiger partial charge in [0.25, 0.3) is 0 Å². The van der Waals surface area contributed by atoms with Crippen molar-refractivity contribution in [3.8, 4) is 0 Å². The average molecular weight is 272 g/mol. The Morgan fingerprint density at radius 1 is 1.20 bits per heavy atom. The number of halogens is 1. The highest BCUT2D eigenvalue weighted by Gasteiger charge is 2.17. The summed E-state index contributed by atoms with van der Waals surface area (Å²) in [6.45, 7) is 3.07. The number of pyridine rings is 1. The minimum absolute atomic E-state index is 0.188. The Kier molecular flexibility index (Phi) is 3.86. The molecule has 0 saturated carbocycles. The van der Waals surface area contributed by atoms with Gasteiger partial charge in [0.15, 0.2) is 0 Å². The second kappa shape index (κ2) is 5.78. The summed E-state index contributed by atoms with van der Waals surface area (Å²) in [4.78, 5) is 4.78. The van der Waals surface area contributed by atoms with E-state index in [0.29, 0.717) is 0 Å². The van der Waals surface area contributed by atoms with Gasteiger partial charge in [-0.1, -0.05) is 13.3 Å². The van der Waals surface area contributed by atoms with Gasteiger partial charge in [-0.2, -0.15) is 0 Å². The van der Waals surface area contributed by atoms with Gasteiger partial charge >= 0.3 is 0 Å². The van der Waals surface area contributed by atoms with Crippen LogP contribution in [0.1, 0.15) is 43.9 Å². The summed E-state index contributed by atoms with van der Waals surface area (Å²) < 4.78 is 13.6. The second-order valence-electron chi connectivity index (χ2n) is 5.56. The van der Waals surface area contributed by atoms with Crippen molar-refractivity contribution in [1.29, 1.82) is 0 Å². The first-order chi connectivity index (χ1) is 9.79. The first-order valence-corrected chi connectivity index (χ1v) is 7.64. The maximum Gasteiger partial charge on any atom is 0.124 e. The third kappa shape index (κ3) is 2.49. The molecule has 3 rings (SSSR count). The second-order valence-corrected chi connectivity index (χ2v) is 5.56. The lowest BCUT2D eigenvalue weighted by Crippen LogP contribution is -2.08. The van der Waals surface area contributed by atoms with Crippen LogP contribution < -0.4 is 5.32 Å². The lowest BCUT2D eigenvalue weighted by molar-refractivity contribution is 0.629. The Labute approximate surface area is 119 Å². The predicted octanol–water partition coefficient (Wildman–Crippen LogP) is 4.46. The van der Waals surface area contributed by atoms with Crippen LogP contribution in [0.15, 0.2) is 18.2 Å². The van der Waals surface area contributed by atoms with Gasteiger partial charge in [-0.05, 0) is 55.9 Å². The summed E-state index contributed by atoms with van der Waals surface area (Å²) in [5.41, 5.74) is 4.55. The normalized spacial score (nSPS) is 14.9. The van der Waals surface area contributed by atoms with Crippen molar-refractivity contribution < 1.29 is 4.39 Å². The molecule has 0 unspecified atom stereocenters. The zero-order chi connectivity index (χ0) is 13.9. The minimum Gasteiger partial charge on any atom is -0.384 e. The lowest BCUT2D eigenvalue weighted by Gasteiger charge is -2.17. The summed E-state index contributed by atoms with van der Waals surface area (Å²) in [6, 6.07) is 4.92. The molecule has 0 bridgehead atoms. The topological polar surface area (TPSA) is 24.9 Å². The van der Waals surface area contributed by atoms with E-state index in [-0.39, 0.29) is 5.82 Å². The van der Waals surface area contributed by atoms with E-state index in [9.17, 15) is 4.39 Å². The molecular formula is C17H21FN2. The molecule has 0 amide bonds. The van der Waals surface area contributed by atoms with Gasteiger partial charge in [0.1, 0.15) is 5.82 Å². The number of nitrogens with zero attached hydrogens (tertiary/aromatic N) is 1. The third-order valence-electron chi connectivity index (χ3n) is 4.03. The van der Waals surface area contributed by atoms with Crippen LogP contribution in [0.25, 0.3) is 10.9 Å². The number of nitrogens with one attached hydrogen (secondary N) is 1. The van der Waals surface area contributed by atoms with Gasteiger partial charge in [0.2, 0.25) is 0 Å². The van der Waals surface area contributed by atoms with Gasteiger partial charge in [0.05, 0.1) is 5.52 Å². The molecule has 1 aliphatic rings. The SMILES string of the molecule is CCCNc1c2c(nc3ccc(F)cc13)CCCCC2. The maximum atomic E-state index is 13.6. The molecule has 0 atom stereocenters. The first kappa shape index (κ1) is 13.3. The predicted molar refractivity (Wildman–Crippen MR) is 81.7 cm³/mol. The number of fused-ring (bicyclic) bond motifs is 2. The summed E-state index contributed by atoms with van der Waals surface area (Å²) in [5.74, 6) is -0.188. The summed E-state index contributed by atoms with van der Waals surface area (Å²) in [5, 5.41) is 4.44. The molecule has 1 aliphatic carbocycles. The molecule has 1 heterocycles.